The summed E-state index contributed by atoms with van der Waals surface area (Å²) < 4.78 is 20.1. The van der Waals surface area contributed by atoms with E-state index in [0.717, 1.165) is 0 Å². The van der Waals surface area contributed by atoms with Gasteiger partial charge >= 0.3 is 11.9 Å². The van der Waals surface area contributed by atoms with Crippen LogP contribution in [0.4, 0.5) is 4.39 Å². The third-order valence-corrected chi connectivity index (χ3v) is 5.72. The summed E-state index contributed by atoms with van der Waals surface area (Å²) >= 11 is 11.7. The summed E-state index contributed by atoms with van der Waals surface area (Å²) in [6, 6.07) is 4.81. The Kier molecular flexibility index (Phi) is 4.03. The van der Waals surface area contributed by atoms with Gasteiger partial charge in [0.05, 0.1) is 28.3 Å². The number of nitrogens with two attached hydrogens (primary N) is 1. The van der Waals surface area contributed by atoms with Crippen molar-refractivity contribution in [1.82, 2.24) is 0 Å². The number of alkyl halides is 1. The maximum atomic E-state index is 14.5. The first-order valence-corrected chi connectivity index (χ1v) is 7.89. The molecule has 2 aliphatic carbocycles. The molecule has 0 aliphatic heterocycles. The summed E-state index contributed by atoms with van der Waals surface area (Å²) in [5.41, 5.74) is 1.81. The van der Waals surface area contributed by atoms with Crippen LogP contribution in [-0.2, 0) is 20.9 Å². The highest BCUT2D eigenvalue weighted by Gasteiger charge is 2.89. The first-order valence-electron chi connectivity index (χ1n) is 7.13. The van der Waals surface area contributed by atoms with Crippen LogP contribution < -0.4 is 5.73 Å². The van der Waals surface area contributed by atoms with Gasteiger partial charge in [-0.1, -0.05) is 29.3 Å². The Morgan fingerprint density at radius 1 is 1.33 bits per heavy atom. The van der Waals surface area contributed by atoms with Gasteiger partial charge in [-0.25, -0.2) is 9.18 Å². The molecule has 24 heavy (non-hydrogen) atoms. The summed E-state index contributed by atoms with van der Waals surface area (Å²) in [4.78, 5) is 22.6. The van der Waals surface area contributed by atoms with E-state index >= 15 is 0 Å². The Morgan fingerprint density at radius 2 is 2.00 bits per heavy atom. The lowest BCUT2D eigenvalue weighted by molar-refractivity contribution is -0.154. The fraction of sp³-hybridized carbons (Fsp3) is 0.467. The number of carboxylic acid groups (broad SMARTS) is 2. The van der Waals surface area contributed by atoms with Crippen molar-refractivity contribution in [3.63, 3.8) is 0 Å². The zero-order chi connectivity index (χ0) is 17.9. The Balaban J connectivity index is 1.75. The van der Waals surface area contributed by atoms with Crippen molar-refractivity contribution in [3.8, 4) is 0 Å². The molecule has 5 unspecified atom stereocenters. The van der Waals surface area contributed by atoms with E-state index in [0.29, 0.717) is 15.6 Å². The van der Waals surface area contributed by atoms with Crippen molar-refractivity contribution in [3.05, 3.63) is 33.8 Å². The van der Waals surface area contributed by atoms with Gasteiger partial charge in [-0.3, -0.25) is 4.79 Å². The van der Waals surface area contributed by atoms with E-state index in [1.54, 1.807) is 18.2 Å². The predicted molar refractivity (Wildman–Crippen MR) is 82.7 cm³/mol. The van der Waals surface area contributed by atoms with Crippen LogP contribution in [0.2, 0.25) is 10.0 Å². The number of carbonyl (C=O) groups is 2. The van der Waals surface area contributed by atoms with Crippen LogP contribution in [0.1, 0.15) is 12.0 Å². The second-order valence-electron chi connectivity index (χ2n) is 6.15. The number of ether oxygens (including phenoxy) is 1. The molecule has 1 aromatic carbocycles. The Labute approximate surface area is 146 Å². The van der Waals surface area contributed by atoms with Crippen LogP contribution in [0.3, 0.4) is 0 Å². The first kappa shape index (κ1) is 17.4. The Hall–Kier alpha value is -1.41. The molecule has 6 nitrogen and oxygen atoms in total. The minimum absolute atomic E-state index is 0.0283. The number of carboxylic acids is 2. The van der Waals surface area contributed by atoms with Crippen LogP contribution in [0.5, 0.6) is 0 Å². The lowest BCUT2D eigenvalue weighted by Gasteiger charge is -2.26. The highest BCUT2D eigenvalue weighted by molar-refractivity contribution is 6.42. The molecule has 5 atom stereocenters. The number of fused-ring (bicyclic) bond motifs is 1. The minimum Gasteiger partial charge on any atom is -0.481 e. The van der Waals surface area contributed by atoms with Gasteiger partial charge in [0.15, 0.2) is 0 Å². The van der Waals surface area contributed by atoms with Gasteiger partial charge in [0.2, 0.25) is 5.67 Å². The van der Waals surface area contributed by atoms with E-state index in [9.17, 15) is 19.1 Å². The molecule has 4 N–H and O–H groups in total. The Bertz CT molecular complexity index is 732. The van der Waals surface area contributed by atoms with Gasteiger partial charge < -0.3 is 20.7 Å². The molecule has 2 aliphatic rings. The highest BCUT2D eigenvalue weighted by atomic mass is 35.5. The molecule has 3 rings (SSSR count). The SMILES string of the molecule is NC12C(C(=O)O)C(OCc3ccc(Cl)c(Cl)c3)CC1C2(F)C(=O)O. The van der Waals surface area contributed by atoms with Gasteiger partial charge in [-0.05, 0) is 24.1 Å². The van der Waals surface area contributed by atoms with Crippen LogP contribution >= 0.6 is 23.2 Å². The second-order valence-corrected chi connectivity index (χ2v) is 6.97. The van der Waals surface area contributed by atoms with E-state index in [-0.39, 0.29) is 13.0 Å². The largest absolute Gasteiger partial charge is 0.481 e. The van der Waals surface area contributed by atoms with Gasteiger partial charge in [-0.2, -0.15) is 0 Å². The lowest BCUT2D eigenvalue weighted by Crippen LogP contribution is -2.50. The zero-order valence-corrected chi connectivity index (χ0v) is 13.7. The van der Waals surface area contributed by atoms with Crippen molar-refractivity contribution in [2.24, 2.45) is 17.6 Å². The molecule has 0 spiro atoms. The summed E-state index contributed by atoms with van der Waals surface area (Å²) in [5, 5.41) is 19.1. The van der Waals surface area contributed by atoms with Crippen molar-refractivity contribution in [2.45, 2.75) is 30.3 Å². The molecule has 0 aromatic heterocycles. The zero-order valence-electron chi connectivity index (χ0n) is 12.2. The van der Waals surface area contributed by atoms with Gasteiger partial charge in [-0.15, -0.1) is 0 Å². The average Bonchev–Trinajstić information content (AvgIpc) is 2.83. The number of hydrogen-bond donors (Lipinski definition) is 3. The lowest BCUT2D eigenvalue weighted by atomic mass is 9.91. The van der Waals surface area contributed by atoms with Crippen molar-refractivity contribution >= 4 is 35.1 Å². The number of rotatable bonds is 5. The molecule has 2 fully saturated rings. The standard InChI is InChI=1S/C15H14Cl2FNO5/c16-7-2-1-6(3-8(7)17)5-24-9-4-10-14(18,13(22)23)15(10,19)11(9)12(20)21/h1-3,9-11H,4-5,19H2,(H,20,21)(H,22,23). The van der Waals surface area contributed by atoms with E-state index in [1.807, 2.05) is 0 Å². The molecule has 130 valence electrons. The summed E-state index contributed by atoms with van der Waals surface area (Å²) in [6.07, 6.45) is -0.951. The summed E-state index contributed by atoms with van der Waals surface area (Å²) in [5.74, 6) is -5.63. The van der Waals surface area contributed by atoms with Crippen LogP contribution in [0, 0.1) is 11.8 Å². The van der Waals surface area contributed by atoms with Crippen molar-refractivity contribution < 1.29 is 28.9 Å². The van der Waals surface area contributed by atoms with E-state index < -0.39 is 41.1 Å². The van der Waals surface area contributed by atoms with E-state index in [4.69, 9.17) is 38.8 Å². The molecule has 2 saturated carbocycles. The van der Waals surface area contributed by atoms with Gasteiger partial charge in [0, 0.05) is 5.92 Å². The van der Waals surface area contributed by atoms with Crippen LogP contribution in [0.25, 0.3) is 0 Å². The van der Waals surface area contributed by atoms with E-state index in [1.165, 1.54) is 0 Å². The third kappa shape index (κ3) is 2.23. The summed E-state index contributed by atoms with van der Waals surface area (Å²) in [6.45, 7) is 0.0283. The molecule has 0 radical (unpaired) electrons. The van der Waals surface area contributed by atoms with Crippen LogP contribution in [-0.4, -0.2) is 39.5 Å². The number of hydrogen-bond acceptors (Lipinski definition) is 4. The molecule has 0 heterocycles. The normalized spacial score (nSPS) is 37.1. The minimum atomic E-state index is -2.72. The van der Waals surface area contributed by atoms with E-state index in [2.05, 4.69) is 0 Å². The third-order valence-electron chi connectivity index (χ3n) is 4.98. The smallest absolute Gasteiger partial charge is 0.343 e. The quantitative estimate of drug-likeness (QED) is 0.724. The Morgan fingerprint density at radius 3 is 2.54 bits per heavy atom. The number of benzene rings is 1. The molecular formula is C15H14Cl2FNO5. The maximum Gasteiger partial charge on any atom is 0.343 e. The number of halogens is 3. The molecule has 0 saturated heterocycles. The molecule has 9 heteroatoms. The van der Waals surface area contributed by atoms with Gasteiger partial charge in [0.1, 0.15) is 5.92 Å². The molecule has 1 aromatic rings. The molecule has 0 bridgehead atoms. The predicted octanol–water partition coefficient (Wildman–Crippen LogP) is 2.10. The maximum absolute atomic E-state index is 14.5. The first-order chi connectivity index (χ1) is 11.1. The fourth-order valence-electron chi connectivity index (χ4n) is 3.73. The average molecular weight is 378 g/mol. The van der Waals surface area contributed by atoms with Crippen LogP contribution in [0.15, 0.2) is 18.2 Å². The second kappa shape index (κ2) is 5.56. The molecular weight excluding hydrogens is 364 g/mol. The number of aliphatic carboxylic acids is 2. The van der Waals surface area contributed by atoms with Gasteiger partial charge in [0.25, 0.3) is 0 Å². The summed E-state index contributed by atoms with van der Waals surface area (Å²) in [7, 11) is 0. The van der Waals surface area contributed by atoms with Crippen molar-refractivity contribution in [2.75, 3.05) is 0 Å². The fourth-order valence-corrected chi connectivity index (χ4v) is 4.05. The monoisotopic (exact) mass is 377 g/mol. The topological polar surface area (TPSA) is 110 Å². The highest BCUT2D eigenvalue weighted by Crippen LogP contribution is 2.67. The molecule has 0 amide bonds. The van der Waals surface area contributed by atoms with Crippen molar-refractivity contribution in [1.29, 1.82) is 0 Å².